The van der Waals surface area contributed by atoms with Gasteiger partial charge in [-0.3, -0.25) is 19.1 Å². The van der Waals surface area contributed by atoms with E-state index in [-0.39, 0.29) is 23.5 Å². The van der Waals surface area contributed by atoms with Crippen molar-refractivity contribution in [3.63, 3.8) is 0 Å². The topological polar surface area (TPSA) is 195 Å². The zero-order chi connectivity index (χ0) is 23.7. The quantitative estimate of drug-likeness (QED) is 0.264. The first-order valence-electron chi connectivity index (χ1n) is 9.96. The predicted octanol–water partition coefficient (Wildman–Crippen LogP) is -1.78. The van der Waals surface area contributed by atoms with Gasteiger partial charge in [0.25, 0.3) is 11.5 Å². The monoisotopic (exact) mass is 458 g/mol. The highest BCUT2D eigenvalue weighted by molar-refractivity contribution is 5.87. The molecule has 4 rings (SSSR count). The van der Waals surface area contributed by atoms with Crippen molar-refractivity contribution >= 4 is 29.0 Å². The van der Waals surface area contributed by atoms with E-state index in [0.717, 1.165) is 5.56 Å². The van der Waals surface area contributed by atoms with Gasteiger partial charge in [-0.2, -0.15) is 4.98 Å². The molecule has 1 aliphatic rings. The molecule has 33 heavy (non-hydrogen) atoms. The summed E-state index contributed by atoms with van der Waals surface area (Å²) in [4.78, 5) is 47.3. The van der Waals surface area contributed by atoms with Gasteiger partial charge in [-0.05, 0) is 5.56 Å². The smallest absolute Gasteiger partial charge is 0.328 e. The number of carbonyl (C=O) groups is 2. The summed E-state index contributed by atoms with van der Waals surface area (Å²) in [6.07, 6.45) is -4.69. The van der Waals surface area contributed by atoms with Crippen molar-refractivity contribution in [2.75, 3.05) is 12.8 Å². The molecular weight excluding hydrogens is 436 g/mol. The van der Waals surface area contributed by atoms with Gasteiger partial charge in [-0.1, -0.05) is 30.3 Å². The lowest BCUT2D eigenvalue weighted by Gasteiger charge is -2.20. The van der Waals surface area contributed by atoms with E-state index < -0.39 is 48.0 Å². The highest BCUT2D eigenvalue weighted by Gasteiger charge is 2.48. The van der Waals surface area contributed by atoms with E-state index in [1.807, 2.05) is 6.07 Å². The highest BCUT2D eigenvalue weighted by atomic mass is 16.6. The van der Waals surface area contributed by atoms with E-state index >= 15 is 0 Å². The molecule has 1 saturated heterocycles. The molecule has 3 aromatic rings. The van der Waals surface area contributed by atoms with Gasteiger partial charge >= 0.3 is 5.97 Å². The average molecular weight is 458 g/mol. The van der Waals surface area contributed by atoms with Crippen LogP contribution >= 0.6 is 0 Å². The Balaban J connectivity index is 1.55. The number of hydrogen-bond acceptors (Lipinski definition) is 10. The van der Waals surface area contributed by atoms with Crippen LogP contribution in [0, 0.1) is 0 Å². The minimum Gasteiger partial charge on any atom is -0.467 e. The van der Waals surface area contributed by atoms with Crippen molar-refractivity contribution in [3.05, 3.63) is 52.6 Å². The number of benzene rings is 1. The fourth-order valence-electron chi connectivity index (χ4n) is 3.67. The number of fused-ring (bicyclic) bond motifs is 1. The van der Waals surface area contributed by atoms with Gasteiger partial charge in [-0.25, -0.2) is 9.78 Å². The van der Waals surface area contributed by atoms with E-state index in [1.165, 1.54) is 18.0 Å². The maximum Gasteiger partial charge on any atom is 0.328 e. The summed E-state index contributed by atoms with van der Waals surface area (Å²) in [7, 11) is 1.19. The number of anilines is 1. The van der Waals surface area contributed by atoms with Crippen LogP contribution in [0.1, 0.15) is 11.8 Å². The second-order valence-electron chi connectivity index (χ2n) is 7.48. The molecule has 0 aliphatic carbocycles. The number of H-pyrrole nitrogens is 1. The third-order valence-electron chi connectivity index (χ3n) is 5.31. The number of nitrogen functional groups attached to an aromatic ring is 1. The number of rotatable bonds is 6. The van der Waals surface area contributed by atoms with Gasteiger partial charge in [0.2, 0.25) is 5.95 Å². The number of carbonyl (C=O) groups excluding carboxylic acids is 2. The molecule has 6 N–H and O–H groups in total. The predicted molar refractivity (Wildman–Crippen MR) is 113 cm³/mol. The van der Waals surface area contributed by atoms with Crippen molar-refractivity contribution in [3.8, 4) is 0 Å². The Kier molecular flexibility index (Phi) is 6.09. The molecule has 0 spiro atoms. The van der Waals surface area contributed by atoms with Crippen LogP contribution in [-0.4, -0.2) is 73.1 Å². The number of aromatic nitrogens is 4. The molecule has 1 aromatic carbocycles. The number of amides is 1. The Morgan fingerprint density at radius 3 is 2.73 bits per heavy atom. The molecule has 5 atom stereocenters. The number of nitrogens with zero attached hydrogens (tertiary/aromatic N) is 3. The van der Waals surface area contributed by atoms with Crippen LogP contribution in [0.4, 0.5) is 5.95 Å². The lowest BCUT2D eigenvalue weighted by atomic mass is 10.0. The van der Waals surface area contributed by atoms with Crippen molar-refractivity contribution < 1.29 is 29.3 Å². The standard InChI is InChI=1S/C20H22N6O7/c1-32-19(31)10(7-9-5-3-2-4-6-9)23-17(30)14-12(27)13(28)18(33-14)26-8-22-11-15(26)24-20(21)25-16(11)29/h2-6,8,10,12-14,18,27-28H,7H2,1H3,(H,23,30)(H3,21,24,25,29)/t10-,12-,13+,14-,18+/m0/s1. The van der Waals surface area contributed by atoms with Crippen LogP contribution < -0.4 is 16.6 Å². The third-order valence-corrected chi connectivity index (χ3v) is 5.31. The zero-order valence-electron chi connectivity index (χ0n) is 17.4. The Hall–Kier alpha value is -3.81. The molecule has 2 aromatic heterocycles. The Labute approximate surface area is 186 Å². The summed E-state index contributed by atoms with van der Waals surface area (Å²) in [6.45, 7) is 0. The number of aromatic amines is 1. The number of nitrogens with two attached hydrogens (primary N) is 1. The molecule has 13 nitrogen and oxygen atoms in total. The summed E-state index contributed by atoms with van der Waals surface area (Å²) < 4.78 is 11.6. The maximum absolute atomic E-state index is 12.9. The van der Waals surface area contributed by atoms with Gasteiger partial charge in [0.1, 0.15) is 18.2 Å². The van der Waals surface area contributed by atoms with Gasteiger partial charge in [0, 0.05) is 6.42 Å². The number of imidazole rings is 1. The number of aliphatic hydroxyl groups excluding tert-OH is 2. The summed E-state index contributed by atoms with van der Waals surface area (Å²) in [5, 5.41) is 23.5. The molecule has 1 aliphatic heterocycles. The lowest BCUT2D eigenvalue weighted by molar-refractivity contribution is -0.148. The third kappa shape index (κ3) is 4.28. The Morgan fingerprint density at radius 1 is 1.30 bits per heavy atom. The minimum absolute atomic E-state index is 0.00470. The van der Waals surface area contributed by atoms with Crippen LogP contribution in [0.2, 0.25) is 0 Å². The SMILES string of the molecule is COC(=O)[C@H](Cc1ccccc1)NC(=O)[C@H]1O[C@@H](n2cnc3c(=O)[nH]c(N)nc32)[C@H](O)[C@@H]1O. The normalized spacial score (nSPS) is 23.4. The van der Waals surface area contributed by atoms with Gasteiger partial charge in [-0.15, -0.1) is 0 Å². The van der Waals surface area contributed by atoms with Gasteiger partial charge in [0.15, 0.2) is 23.5 Å². The Morgan fingerprint density at radius 2 is 2.03 bits per heavy atom. The van der Waals surface area contributed by atoms with E-state index in [1.54, 1.807) is 24.3 Å². The highest BCUT2D eigenvalue weighted by Crippen LogP contribution is 2.31. The number of nitrogens with one attached hydrogen (secondary N) is 2. The molecule has 0 saturated carbocycles. The minimum atomic E-state index is -1.64. The number of esters is 1. The first-order chi connectivity index (χ1) is 15.8. The molecule has 13 heteroatoms. The van der Waals surface area contributed by atoms with Crippen molar-refractivity contribution in [2.24, 2.45) is 0 Å². The molecule has 0 radical (unpaired) electrons. The summed E-state index contributed by atoms with van der Waals surface area (Å²) in [6, 6.07) is 7.91. The van der Waals surface area contributed by atoms with Crippen LogP contribution in [0.25, 0.3) is 11.2 Å². The zero-order valence-corrected chi connectivity index (χ0v) is 17.4. The fraction of sp³-hybridized carbons (Fsp3) is 0.350. The first kappa shape index (κ1) is 22.4. The van der Waals surface area contributed by atoms with Gasteiger partial charge in [0.05, 0.1) is 13.4 Å². The summed E-state index contributed by atoms with van der Waals surface area (Å²) in [5.74, 6) is -1.69. The number of hydrogen-bond donors (Lipinski definition) is 5. The second-order valence-corrected chi connectivity index (χ2v) is 7.48. The van der Waals surface area contributed by atoms with E-state index in [4.69, 9.17) is 15.2 Å². The largest absolute Gasteiger partial charge is 0.467 e. The van der Waals surface area contributed by atoms with Crippen molar-refractivity contribution in [1.82, 2.24) is 24.8 Å². The lowest BCUT2D eigenvalue weighted by Crippen LogP contribution is -2.50. The number of methoxy groups -OCH3 is 1. The first-order valence-corrected chi connectivity index (χ1v) is 9.96. The summed E-state index contributed by atoms with van der Waals surface area (Å²) in [5.41, 5.74) is 5.70. The fourth-order valence-corrected chi connectivity index (χ4v) is 3.67. The number of ether oxygens (including phenoxy) is 2. The number of aliphatic hydroxyl groups is 2. The molecule has 0 unspecified atom stereocenters. The second kappa shape index (κ2) is 8.97. The molecular formula is C20H22N6O7. The summed E-state index contributed by atoms with van der Waals surface area (Å²) >= 11 is 0. The molecule has 0 bridgehead atoms. The van der Waals surface area contributed by atoms with E-state index in [0.29, 0.717) is 0 Å². The van der Waals surface area contributed by atoms with E-state index in [2.05, 4.69) is 20.3 Å². The maximum atomic E-state index is 12.9. The van der Waals surface area contributed by atoms with Crippen LogP contribution in [-0.2, 0) is 25.5 Å². The Bertz CT molecular complexity index is 1230. The van der Waals surface area contributed by atoms with E-state index in [9.17, 15) is 24.6 Å². The van der Waals surface area contributed by atoms with Crippen LogP contribution in [0.5, 0.6) is 0 Å². The van der Waals surface area contributed by atoms with Gasteiger partial charge < -0.3 is 30.7 Å². The van der Waals surface area contributed by atoms with Crippen molar-refractivity contribution in [1.29, 1.82) is 0 Å². The molecule has 3 heterocycles. The van der Waals surface area contributed by atoms with Crippen LogP contribution in [0.3, 0.4) is 0 Å². The molecule has 1 fully saturated rings. The molecule has 1 amide bonds. The van der Waals surface area contributed by atoms with Crippen LogP contribution in [0.15, 0.2) is 41.5 Å². The average Bonchev–Trinajstić information content (AvgIpc) is 3.34. The van der Waals surface area contributed by atoms with Crippen molar-refractivity contribution in [2.45, 2.75) is 37.0 Å². The molecule has 174 valence electrons.